The minimum Gasteiger partial charge on any atom is -0.351 e. The summed E-state index contributed by atoms with van der Waals surface area (Å²) in [7, 11) is 0. The minimum absolute atomic E-state index is 0.0751. The maximum absolute atomic E-state index is 13.2. The van der Waals surface area contributed by atoms with Gasteiger partial charge in [0.1, 0.15) is 10.7 Å². The molecule has 0 radical (unpaired) electrons. The summed E-state index contributed by atoms with van der Waals surface area (Å²) in [6.07, 6.45) is 4.71. The highest BCUT2D eigenvalue weighted by Gasteiger charge is 2.20. The molecular weight excluding hydrogens is 311 g/mol. The van der Waals surface area contributed by atoms with Crippen LogP contribution in [0.1, 0.15) is 23.0 Å². The van der Waals surface area contributed by atoms with E-state index < -0.39 is 0 Å². The van der Waals surface area contributed by atoms with E-state index in [0.717, 1.165) is 23.2 Å². The van der Waals surface area contributed by atoms with Crippen molar-refractivity contribution in [1.82, 2.24) is 9.88 Å². The molecule has 118 valence electrons. The van der Waals surface area contributed by atoms with Crippen molar-refractivity contribution < 1.29 is 9.18 Å². The number of benzene rings is 1. The van der Waals surface area contributed by atoms with Crippen LogP contribution in [0.3, 0.4) is 0 Å². The average molecular weight is 328 g/mol. The molecular formula is C18H17FN2OS. The lowest BCUT2D eigenvalue weighted by Crippen LogP contribution is -2.24. The van der Waals surface area contributed by atoms with E-state index in [1.165, 1.54) is 23.5 Å². The second-order valence-corrected chi connectivity index (χ2v) is 6.06. The monoisotopic (exact) mass is 328 g/mol. The summed E-state index contributed by atoms with van der Waals surface area (Å²) in [6.45, 7) is 2.67. The molecule has 5 heteroatoms. The number of amides is 1. The van der Waals surface area contributed by atoms with Gasteiger partial charge in [0, 0.05) is 29.9 Å². The van der Waals surface area contributed by atoms with Gasteiger partial charge in [-0.1, -0.05) is 19.1 Å². The number of aromatic nitrogens is 1. The number of halogens is 1. The van der Waals surface area contributed by atoms with E-state index in [1.54, 1.807) is 12.1 Å². The predicted octanol–water partition coefficient (Wildman–Crippen LogP) is 4.48. The molecule has 0 aliphatic heterocycles. The number of thiophene rings is 1. The molecule has 0 unspecified atom stereocenters. The topological polar surface area (TPSA) is 34.0 Å². The SMILES string of the molecule is CCCNC(=O)c1scc(-c2ccc(F)cc2)c1-n1cccc1. The van der Waals surface area contributed by atoms with Crippen molar-refractivity contribution in [2.45, 2.75) is 13.3 Å². The van der Waals surface area contributed by atoms with Crippen molar-refractivity contribution in [3.8, 4) is 16.8 Å². The van der Waals surface area contributed by atoms with Crippen molar-refractivity contribution in [3.63, 3.8) is 0 Å². The lowest BCUT2D eigenvalue weighted by atomic mass is 10.1. The second-order valence-electron chi connectivity index (χ2n) is 5.18. The quantitative estimate of drug-likeness (QED) is 0.736. The maximum atomic E-state index is 13.2. The molecule has 1 N–H and O–H groups in total. The molecule has 23 heavy (non-hydrogen) atoms. The zero-order chi connectivity index (χ0) is 16.2. The van der Waals surface area contributed by atoms with Gasteiger partial charge in [0.15, 0.2) is 0 Å². The van der Waals surface area contributed by atoms with E-state index >= 15 is 0 Å². The number of rotatable bonds is 5. The Kier molecular flexibility index (Phi) is 4.57. The lowest BCUT2D eigenvalue weighted by molar-refractivity contribution is 0.0957. The highest BCUT2D eigenvalue weighted by molar-refractivity contribution is 7.13. The summed E-state index contributed by atoms with van der Waals surface area (Å²) in [5, 5.41) is 4.87. The fraction of sp³-hybridized carbons (Fsp3) is 0.167. The number of hydrogen-bond donors (Lipinski definition) is 1. The first-order valence-electron chi connectivity index (χ1n) is 7.49. The molecule has 2 aromatic heterocycles. The average Bonchev–Trinajstić information content (AvgIpc) is 3.22. The van der Waals surface area contributed by atoms with Crippen LogP contribution in [0.25, 0.3) is 16.8 Å². The molecule has 0 aliphatic rings. The maximum Gasteiger partial charge on any atom is 0.263 e. The first-order valence-corrected chi connectivity index (χ1v) is 8.37. The molecule has 0 saturated carbocycles. The number of nitrogens with one attached hydrogen (secondary N) is 1. The van der Waals surface area contributed by atoms with Gasteiger partial charge in [-0.25, -0.2) is 4.39 Å². The molecule has 0 atom stereocenters. The summed E-state index contributed by atoms with van der Waals surface area (Å²) in [4.78, 5) is 13.1. The molecule has 0 saturated heterocycles. The van der Waals surface area contributed by atoms with Crippen molar-refractivity contribution in [1.29, 1.82) is 0 Å². The van der Waals surface area contributed by atoms with Crippen molar-refractivity contribution in [2.75, 3.05) is 6.54 Å². The van der Waals surface area contributed by atoms with Crippen LogP contribution in [-0.2, 0) is 0 Å². The number of carbonyl (C=O) groups is 1. The van der Waals surface area contributed by atoms with Crippen LogP contribution in [0.2, 0.25) is 0 Å². The Labute approximate surface area is 138 Å². The first kappa shape index (κ1) is 15.5. The van der Waals surface area contributed by atoms with Crippen LogP contribution >= 0.6 is 11.3 Å². The Morgan fingerprint density at radius 2 is 1.91 bits per heavy atom. The normalized spacial score (nSPS) is 10.7. The third-order valence-corrected chi connectivity index (χ3v) is 4.49. The van der Waals surface area contributed by atoms with E-state index in [-0.39, 0.29) is 11.7 Å². The Morgan fingerprint density at radius 1 is 1.22 bits per heavy atom. The molecule has 3 nitrogen and oxygen atoms in total. The predicted molar refractivity (Wildman–Crippen MR) is 91.7 cm³/mol. The fourth-order valence-electron chi connectivity index (χ4n) is 2.41. The van der Waals surface area contributed by atoms with Crippen molar-refractivity contribution in [2.24, 2.45) is 0 Å². The van der Waals surface area contributed by atoms with Gasteiger partial charge < -0.3 is 9.88 Å². The molecule has 3 rings (SSSR count). The van der Waals surface area contributed by atoms with E-state index in [4.69, 9.17) is 0 Å². The summed E-state index contributed by atoms with van der Waals surface area (Å²) in [6, 6.07) is 10.2. The van der Waals surface area contributed by atoms with Crippen molar-refractivity contribution in [3.05, 3.63) is 64.9 Å². The molecule has 0 bridgehead atoms. The zero-order valence-corrected chi connectivity index (χ0v) is 13.6. The summed E-state index contributed by atoms with van der Waals surface area (Å²) in [5.41, 5.74) is 2.65. The largest absolute Gasteiger partial charge is 0.351 e. The van der Waals surface area contributed by atoms with Crippen molar-refractivity contribution >= 4 is 17.2 Å². The highest BCUT2D eigenvalue weighted by Crippen LogP contribution is 2.35. The molecule has 1 amide bonds. The molecule has 2 heterocycles. The molecule has 1 aromatic carbocycles. The molecule has 0 spiro atoms. The second kappa shape index (κ2) is 6.79. The Hall–Kier alpha value is -2.40. The van der Waals surface area contributed by atoms with Crippen LogP contribution < -0.4 is 5.32 Å². The van der Waals surface area contributed by atoms with E-state index in [0.29, 0.717) is 11.4 Å². The summed E-state index contributed by atoms with van der Waals surface area (Å²) in [5.74, 6) is -0.346. The van der Waals surface area contributed by atoms with Gasteiger partial charge in [0.25, 0.3) is 5.91 Å². The highest BCUT2D eigenvalue weighted by atomic mass is 32.1. The lowest BCUT2D eigenvalue weighted by Gasteiger charge is -2.10. The van der Waals surface area contributed by atoms with Crippen LogP contribution in [-0.4, -0.2) is 17.0 Å². The molecule has 0 aliphatic carbocycles. The van der Waals surface area contributed by atoms with Crippen LogP contribution in [0, 0.1) is 5.82 Å². The Balaban J connectivity index is 2.08. The molecule has 3 aromatic rings. The van der Waals surface area contributed by atoms with Gasteiger partial charge in [0.05, 0.1) is 5.69 Å². The van der Waals surface area contributed by atoms with E-state index in [9.17, 15) is 9.18 Å². The Bertz CT molecular complexity index is 791. The molecule has 0 fully saturated rings. The summed E-state index contributed by atoms with van der Waals surface area (Å²) >= 11 is 1.41. The van der Waals surface area contributed by atoms with Gasteiger partial charge in [-0.15, -0.1) is 11.3 Å². The van der Waals surface area contributed by atoms with Gasteiger partial charge in [0.2, 0.25) is 0 Å². The standard InChI is InChI=1S/C18H17FN2OS/c1-2-9-20-18(22)17-16(21-10-3-4-11-21)15(12-23-17)13-5-7-14(19)8-6-13/h3-8,10-12H,2,9H2,1H3,(H,20,22). The summed E-state index contributed by atoms with van der Waals surface area (Å²) < 4.78 is 15.1. The van der Waals surface area contributed by atoms with Gasteiger partial charge in [-0.3, -0.25) is 4.79 Å². The number of hydrogen-bond acceptors (Lipinski definition) is 2. The fourth-order valence-corrected chi connectivity index (χ4v) is 3.40. The van der Waals surface area contributed by atoms with E-state index in [2.05, 4.69) is 5.32 Å². The van der Waals surface area contributed by atoms with Gasteiger partial charge in [-0.05, 0) is 36.2 Å². The van der Waals surface area contributed by atoms with Crippen LogP contribution in [0.5, 0.6) is 0 Å². The third kappa shape index (κ3) is 3.19. The smallest absolute Gasteiger partial charge is 0.263 e. The number of nitrogens with zero attached hydrogens (tertiary/aromatic N) is 1. The van der Waals surface area contributed by atoms with Gasteiger partial charge in [-0.2, -0.15) is 0 Å². The van der Waals surface area contributed by atoms with E-state index in [1.807, 2.05) is 41.4 Å². The third-order valence-electron chi connectivity index (χ3n) is 3.52. The van der Waals surface area contributed by atoms with Crippen LogP contribution in [0.4, 0.5) is 4.39 Å². The zero-order valence-electron chi connectivity index (χ0n) is 12.8. The van der Waals surface area contributed by atoms with Gasteiger partial charge >= 0.3 is 0 Å². The Morgan fingerprint density at radius 3 is 2.57 bits per heavy atom. The minimum atomic E-state index is -0.271. The number of carbonyl (C=O) groups excluding carboxylic acids is 1. The first-order chi connectivity index (χ1) is 11.2. The van der Waals surface area contributed by atoms with Crippen LogP contribution in [0.15, 0.2) is 54.2 Å².